The Hall–Kier alpha value is -3.06. The molecule has 0 heterocycles. The second-order valence-electron chi connectivity index (χ2n) is 5.92. The second-order valence-corrected chi connectivity index (χ2v) is 5.92. The van der Waals surface area contributed by atoms with Crippen molar-refractivity contribution in [3.05, 3.63) is 109 Å². The first-order chi connectivity index (χ1) is 12.3. The molecule has 1 nitrogen and oxygen atoms in total. The normalized spacial score (nSPS) is 11.2. The van der Waals surface area contributed by atoms with Gasteiger partial charge in [-0.25, -0.2) is 0 Å². The van der Waals surface area contributed by atoms with E-state index < -0.39 is 0 Å². The molecular weight excluding hydrogens is 302 g/mol. The Morgan fingerprint density at radius 3 is 1.92 bits per heavy atom. The van der Waals surface area contributed by atoms with Crippen molar-refractivity contribution in [2.75, 3.05) is 5.32 Å². The van der Waals surface area contributed by atoms with Gasteiger partial charge in [-0.2, -0.15) is 0 Å². The van der Waals surface area contributed by atoms with E-state index >= 15 is 0 Å². The zero-order valence-corrected chi connectivity index (χ0v) is 14.5. The summed E-state index contributed by atoms with van der Waals surface area (Å²) in [6.45, 7) is 2.02. The monoisotopic (exact) mass is 325 g/mol. The van der Waals surface area contributed by atoms with Gasteiger partial charge in [-0.05, 0) is 54.3 Å². The maximum atomic E-state index is 3.46. The molecule has 0 unspecified atom stereocenters. The van der Waals surface area contributed by atoms with E-state index in [1.807, 2.05) is 19.1 Å². The number of allylic oxidation sites excluding steroid dienone is 4. The van der Waals surface area contributed by atoms with Crippen LogP contribution in [0.5, 0.6) is 0 Å². The molecule has 0 saturated carbocycles. The molecule has 0 saturated heterocycles. The van der Waals surface area contributed by atoms with Crippen molar-refractivity contribution in [1.82, 2.24) is 0 Å². The Labute approximate surface area is 150 Å². The van der Waals surface area contributed by atoms with Gasteiger partial charge in [-0.1, -0.05) is 78.9 Å². The highest BCUT2D eigenvalue weighted by molar-refractivity contribution is 5.68. The average Bonchev–Trinajstić information content (AvgIpc) is 2.68. The number of nitrogens with one attached hydrogen (secondary N) is 1. The van der Waals surface area contributed by atoms with Gasteiger partial charge in [-0.3, -0.25) is 0 Å². The van der Waals surface area contributed by atoms with Crippen LogP contribution in [0.2, 0.25) is 0 Å². The quantitative estimate of drug-likeness (QED) is 0.493. The van der Waals surface area contributed by atoms with E-state index in [1.165, 1.54) is 16.7 Å². The molecular formula is C24H23N. The predicted octanol–water partition coefficient (Wildman–Crippen LogP) is 6.77. The van der Waals surface area contributed by atoms with Crippen LogP contribution >= 0.6 is 0 Å². The molecule has 0 aliphatic rings. The first kappa shape index (κ1) is 16.8. The van der Waals surface area contributed by atoms with Crippen LogP contribution in [0.4, 0.5) is 11.4 Å². The fraction of sp³-hybridized carbons (Fsp3) is 0.0833. The van der Waals surface area contributed by atoms with E-state index in [-0.39, 0.29) is 0 Å². The topological polar surface area (TPSA) is 12.0 Å². The van der Waals surface area contributed by atoms with Gasteiger partial charge in [0.25, 0.3) is 0 Å². The number of rotatable bonds is 6. The molecule has 0 atom stereocenters. The van der Waals surface area contributed by atoms with Crippen molar-refractivity contribution in [3.63, 3.8) is 0 Å². The zero-order chi connectivity index (χ0) is 17.3. The van der Waals surface area contributed by atoms with Crippen molar-refractivity contribution >= 4 is 11.4 Å². The Morgan fingerprint density at radius 1 is 0.680 bits per heavy atom. The van der Waals surface area contributed by atoms with Gasteiger partial charge < -0.3 is 5.32 Å². The van der Waals surface area contributed by atoms with Crippen LogP contribution in [0.15, 0.2) is 103 Å². The number of anilines is 2. The summed E-state index contributed by atoms with van der Waals surface area (Å²) < 4.78 is 0. The molecule has 0 fully saturated rings. The number of benzene rings is 3. The minimum Gasteiger partial charge on any atom is -0.356 e. The van der Waals surface area contributed by atoms with Crippen molar-refractivity contribution in [3.8, 4) is 11.1 Å². The van der Waals surface area contributed by atoms with Gasteiger partial charge in [0.2, 0.25) is 0 Å². The van der Waals surface area contributed by atoms with E-state index in [0.29, 0.717) is 0 Å². The molecule has 3 aromatic carbocycles. The van der Waals surface area contributed by atoms with Gasteiger partial charge >= 0.3 is 0 Å². The van der Waals surface area contributed by atoms with Gasteiger partial charge in [0.05, 0.1) is 0 Å². The van der Waals surface area contributed by atoms with Crippen LogP contribution in [0.3, 0.4) is 0 Å². The highest BCUT2D eigenvalue weighted by atomic mass is 14.9. The van der Waals surface area contributed by atoms with Crippen molar-refractivity contribution in [2.24, 2.45) is 0 Å². The third-order valence-corrected chi connectivity index (χ3v) is 4.03. The summed E-state index contributed by atoms with van der Waals surface area (Å²) in [5.74, 6) is 0. The maximum absolute atomic E-state index is 3.46. The smallest absolute Gasteiger partial charge is 0.0384 e. The second kappa shape index (κ2) is 8.70. The standard InChI is InChI=1S/C24H23N/c1-2-3-4-6-9-20-12-16-23(17-13-20)25-24-18-14-22(15-19-24)21-10-7-5-8-11-21/h2-8,10-19,25H,9H2,1H3/b3-2-,6-4-. The summed E-state index contributed by atoms with van der Waals surface area (Å²) in [4.78, 5) is 0. The van der Waals surface area contributed by atoms with Crippen molar-refractivity contribution in [1.29, 1.82) is 0 Å². The summed E-state index contributed by atoms with van der Waals surface area (Å²) in [6.07, 6.45) is 9.29. The average molecular weight is 325 g/mol. The van der Waals surface area contributed by atoms with E-state index in [9.17, 15) is 0 Å². The van der Waals surface area contributed by atoms with Crippen molar-refractivity contribution in [2.45, 2.75) is 13.3 Å². The minimum atomic E-state index is 0.955. The zero-order valence-electron chi connectivity index (χ0n) is 14.5. The molecule has 0 aromatic heterocycles. The Morgan fingerprint density at radius 2 is 1.28 bits per heavy atom. The molecule has 25 heavy (non-hydrogen) atoms. The molecule has 0 radical (unpaired) electrons. The Balaban J connectivity index is 1.62. The van der Waals surface area contributed by atoms with Gasteiger partial charge in [0.15, 0.2) is 0 Å². The van der Waals surface area contributed by atoms with Gasteiger partial charge in [0.1, 0.15) is 0 Å². The number of hydrogen-bond donors (Lipinski definition) is 1. The summed E-state index contributed by atoms with van der Waals surface area (Å²) >= 11 is 0. The molecule has 0 bridgehead atoms. The first-order valence-corrected chi connectivity index (χ1v) is 8.64. The fourth-order valence-corrected chi connectivity index (χ4v) is 2.66. The van der Waals surface area contributed by atoms with Crippen LogP contribution in [0.1, 0.15) is 12.5 Å². The lowest BCUT2D eigenvalue weighted by molar-refractivity contribution is 1.27. The number of hydrogen-bond acceptors (Lipinski definition) is 1. The molecule has 1 N–H and O–H groups in total. The third-order valence-electron chi connectivity index (χ3n) is 4.03. The molecule has 3 aromatic rings. The fourth-order valence-electron chi connectivity index (χ4n) is 2.66. The van der Waals surface area contributed by atoms with E-state index in [4.69, 9.17) is 0 Å². The highest BCUT2D eigenvalue weighted by Gasteiger charge is 1.98. The summed E-state index contributed by atoms with van der Waals surface area (Å²) in [6, 6.07) is 27.6. The van der Waals surface area contributed by atoms with Crippen LogP contribution in [0.25, 0.3) is 11.1 Å². The Bertz CT molecular complexity index is 826. The van der Waals surface area contributed by atoms with Crippen LogP contribution in [-0.4, -0.2) is 0 Å². The first-order valence-electron chi connectivity index (χ1n) is 8.64. The molecule has 1 heteroatoms. The predicted molar refractivity (Wildman–Crippen MR) is 109 cm³/mol. The van der Waals surface area contributed by atoms with Gasteiger partial charge in [0, 0.05) is 11.4 Å². The molecule has 0 aliphatic heterocycles. The third kappa shape index (κ3) is 4.95. The maximum Gasteiger partial charge on any atom is 0.0384 e. The van der Waals surface area contributed by atoms with Crippen molar-refractivity contribution < 1.29 is 0 Å². The van der Waals surface area contributed by atoms with E-state index in [1.54, 1.807) is 0 Å². The molecule has 0 amide bonds. The summed E-state index contributed by atoms with van der Waals surface area (Å²) in [7, 11) is 0. The lowest BCUT2D eigenvalue weighted by Gasteiger charge is -2.08. The molecule has 0 spiro atoms. The largest absolute Gasteiger partial charge is 0.356 e. The lowest BCUT2D eigenvalue weighted by Crippen LogP contribution is -1.91. The SMILES string of the molecule is C/C=C\C=C/Cc1ccc(Nc2ccc(-c3ccccc3)cc2)cc1. The lowest BCUT2D eigenvalue weighted by atomic mass is 10.1. The van der Waals surface area contributed by atoms with E-state index in [2.05, 4.69) is 96.3 Å². The van der Waals surface area contributed by atoms with Crippen LogP contribution in [-0.2, 0) is 6.42 Å². The highest BCUT2D eigenvalue weighted by Crippen LogP contribution is 2.23. The Kier molecular flexibility index (Phi) is 5.84. The minimum absolute atomic E-state index is 0.955. The van der Waals surface area contributed by atoms with E-state index in [0.717, 1.165) is 17.8 Å². The van der Waals surface area contributed by atoms with Crippen LogP contribution in [0, 0.1) is 0 Å². The molecule has 3 rings (SSSR count). The molecule has 124 valence electrons. The summed E-state index contributed by atoms with van der Waals surface area (Å²) in [5.41, 5.74) is 5.98. The molecule has 0 aliphatic carbocycles. The summed E-state index contributed by atoms with van der Waals surface area (Å²) in [5, 5.41) is 3.46. The van der Waals surface area contributed by atoms with Crippen LogP contribution < -0.4 is 5.32 Å². The van der Waals surface area contributed by atoms with Gasteiger partial charge in [-0.15, -0.1) is 0 Å².